The van der Waals surface area contributed by atoms with Crippen molar-refractivity contribution in [2.75, 3.05) is 0 Å². The van der Waals surface area contributed by atoms with Crippen LogP contribution in [0.4, 0.5) is 0 Å². The third-order valence-electron chi connectivity index (χ3n) is 1.65. The second kappa shape index (κ2) is 4.20. The first-order chi connectivity index (χ1) is 6.15. The van der Waals surface area contributed by atoms with E-state index in [1.807, 2.05) is 0 Å². The predicted molar refractivity (Wildman–Crippen MR) is 50.8 cm³/mol. The molecule has 0 aliphatic carbocycles. The van der Waals surface area contributed by atoms with Crippen LogP contribution in [0.25, 0.3) is 0 Å². The average molecular weight is 192 g/mol. The van der Waals surface area contributed by atoms with Gasteiger partial charge in [0.2, 0.25) is 0 Å². The van der Waals surface area contributed by atoms with Crippen LogP contribution < -0.4 is 10.2 Å². The zero-order valence-electron chi connectivity index (χ0n) is 7.28. The Kier molecular flexibility index (Phi) is 3.22. The number of rotatable bonds is 3. The van der Waals surface area contributed by atoms with Crippen LogP contribution in [0.3, 0.4) is 0 Å². The Morgan fingerprint density at radius 2 is 2.31 bits per heavy atom. The number of nitrogens with two attached hydrogens (primary N) is 1. The van der Waals surface area contributed by atoms with Crippen LogP contribution in [-0.2, 0) is 0 Å². The molecule has 2 N–H and O–H groups in total. The molecule has 0 saturated heterocycles. The number of hydrogen-bond acceptors (Lipinski definition) is 3. The summed E-state index contributed by atoms with van der Waals surface area (Å²) in [4.78, 5) is 11.4. The highest BCUT2D eigenvalue weighted by Gasteiger charge is 2.10. The molecule has 13 heavy (non-hydrogen) atoms. The van der Waals surface area contributed by atoms with Crippen molar-refractivity contribution < 1.29 is 9.22 Å². The van der Waals surface area contributed by atoms with Gasteiger partial charge in [0.05, 0.1) is 6.04 Å². The van der Waals surface area contributed by atoms with E-state index in [1.54, 1.807) is 31.2 Å². The Morgan fingerprint density at radius 1 is 1.62 bits per heavy atom. The molecule has 1 aromatic rings. The largest absolute Gasteiger partial charge is 0.540 e. The van der Waals surface area contributed by atoms with E-state index >= 15 is 0 Å². The van der Waals surface area contributed by atoms with Crippen LogP contribution in [-0.4, -0.2) is 22.3 Å². The molecule has 0 saturated carbocycles. The van der Waals surface area contributed by atoms with Gasteiger partial charge in [-0.25, -0.2) is 0 Å². The van der Waals surface area contributed by atoms with Crippen LogP contribution in [0, 0.1) is 0 Å². The van der Waals surface area contributed by atoms with Gasteiger partial charge in [-0.15, -0.1) is 0 Å². The van der Waals surface area contributed by atoms with E-state index < -0.39 is 6.04 Å². The fourth-order valence-corrected chi connectivity index (χ4v) is 1.10. The van der Waals surface area contributed by atoms with Gasteiger partial charge in [0, 0.05) is 5.56 Å². The summed E-state index contributed by atoms with van der Waals surface area (Å²) in [5, 5.41) is 0. The molecule has 0 aliphatic heterocycles. The molecular formula is C9H10NO2Si. The monoisotopic (exact) mass is 192 g/mol. The Hall–Kier alpha value is -1.13. The quantitative estimate of drug-likeness (QED) is 0.566. The highest BCUT2D eigenvalue weighted by molar-refractivity contribution is 6.01. The first-order valence-electron chi connectivity index (χ1n) is 3.88. The molecule has 0 aromatic heterocycles. The van der Waals surface area contributed by atoms with Crippen LogP contribution in [0.1, 0.15) is 17.3 Å². The molecule has 3 nitrogen and oxygen atoms in total. The van der Waals surface area contributed by atoms with Crippen LogP contribution in [0.2, 0.25) is 0 Å². The predicted octanol–water partition coefficient (Wildman–Crippen LogP) is 0.679. The lowest BCUT2D eigenvalue weighted by atomic mass is 10.1. The van der Waals surface area contributed by atoms with Crippen molar-refractivity contribution in [1.82, 2.24) is 0 Å². The van der Waals surface area contributed by atoms with Crippen LogP contribution in [0.5, 0.6) is 5.75 Å². The SMILES string of the molecule is CC(N)C(=O)c1cccc(O[Si])c1. The topological polar surface area (TPSA) is 52.3 Å². The smallest absolute Gasteiger partial charge is 0.341 e. The van der Waals surface area contributed by atoms with E-state index in [0.29, 0.717) is 11.3 Å². The summed E-state index contributed by atoms with van der Waals surface area (Å²) in [5.74, 6) is 0.494. The van der Waals surface area contributed by atoms with Crippen LogP contribution in [0.15, 0.2) is 24.3 Å². The lowest BCUT2D eigenvalue weighted by molar-refractivity contribution is 0.0968. The number of carbonyl (C=O) groups excluding carboxylic acids is 1. The van der Waals surface area contributed by atoms with Crippen molar-refractivity contribution >= 4 is 16.3 Å². The van der Waals surface area contributed by atoms with Gasteiger partial charge in [-0.05, 0) is 19.1 Å². The Labute approximate surface area is 80.4 Å². The molecule has 0 heterocycles. The van der Waals surface area contributed by atoms with E-state index in [0.717, 1.165) is 0 Å². The van der Waals surface area contributed by atoms with Gasteiger partial charge in [0.15, 0.2) is 5.78 Å². The number of hydrogen-bond donors (Lipinski definition) is 1. The minimum atomic E-state index is -0.482. The summed E-state index contributed by atoms with van der Waals surface area (Å²) < 4.78 is 4.80. The first-order valence-corrected chi connectivity index (χ1v) is 4.29. The standard InChI is InChI=1S/C9H10NO2Si/c1-6(10)9(11)7-3-2-4-8(5-7)12-13/h2-6H,10H2,1H3. The maximum atomic E-state index is 11.4. The van der Waals surface area contributed by atoms with Gasteiger partial charge in [0.1, 0.15) is 5.75 Å². The number of Topliss-reactive ketones (excluding diaryl/α,β-unsaturated/α-hetero) is 1. The van der Waals surface area contributed by atoms with Gasteiger partial charge >= 0.3 is 10.5 Å². The maximum absolute atomic E-state index is 11.4. The maximum Gasteiger partial charge on any atom is 0.341 e. The van der Waals surface area contributed by atoms with Crippen molar-refractivity contribution in [2.45, 2.75) is 13.0 Å². The molecule has 0 aliphatic rings. The second-order valence-electron chi connectivity index (χ2n) is 2.78. The number of benzene rings is 1. The van der Waals surface area contributed by atoms with Crippen molar-refractivity contribution in [2.24, 2.45) is 5.73 Å². The van der Waals surface area contributed by atoms with Gasteiger partial charge in [0.25, 0.3) is 0 Å². The second-order valence-corrected chi connectivity index (χ2v) is 2.99. The van der Waals surface area contributed by atoms with E-state index in [1.165, 1.54) is 0 Å². The Morgan fingerprint density at radius 3 is 2.85 bits per heavy atom. The molecule has 0 bridgehead atoms. The zero-order chi connectivity index (χ0) is 9.84. The molecule has 1 rings (SSSR count). The van der Waals surface area contributed by atoms with E-state index in [9.17, 15) is 4.79 Å². The van der Waals surface area contributed by atoms with E-state index in [2.05, 4.69) is 10.5 Å². The minimum Gasteiger partial charge on any atom is -0.540 e. The number of carbonyl (C=O) groups is 1. The molecular weight excluding hydrogens is 182 g/mol. The third-order valence-corrected chi connectivity index (χ3v) is 1.89. The van der Waals surface area contributed by atoms with E-state index in [-0.39, 0.29) is 5.78 Å². The van der Waals surface area contributed by atoms with E-state index in [4.69, 9.17) is 10.2 Å². The highest BCUT2D eigenvalue weighted by Crippen LogP contribution is 2.13. The first kappa shape index (κ1) is 9.95. The molecule has 0 fully saturated rings. The molecule has 3 radical (unpaired) electrons. The summed E-state index contributed by atoms with van der Waals surface area (Å²) >= 11 is 0. The fourth-order valence-electron chi connectivity index (χ4n) is 0.976. The van der Waals surface area contributed by atoms with Gasteiger partial charge < -0.3 is 10.2 Å². The van der Waals surface area contributed by atoms with Crippen molar-refractivity contribution in [3.8, 4) is 5.75 Å². The van der Waals surface area contributed by atoms with Gasteiger partial charge in [-0.3, -0.25) is 4.79 Å². The van der Waals surface area contributed by atoms with Gasteiger partial charge in [-0.2, -0.15) is 0 Å². The average Bonchev–Trinajstić information content (AvgIpc) is 2.16. The molecule has 1 aromatic carbocycles. The van der Waals surface area contributed by atoms with Crippen LogP contribution >= 0.6 is 0 Å². The molecule has 67 valence electrons. The van der Waals surface area contributed by atoms with Crippen molar-refractivity contribution in [1.29, 1.82) is 0 Å². The minimum absolute atomic E-state index is 0.0921. The summed E-state index contributed by atoms with van der Waals surface area (Å²) in [7, 11) is 2.88. The van der Waals surface area contributed by atoms with Crippen molar-refractivity contribution in [3.63, 3.8) is 0 Å². The third kappa shape index (κ3) is 2.40. The highest BCUT2D eigenvalue weighted by atomic mass is 28.2. The van der Waals surface area contributed by atoms with Gasteiger partial charge in [-0.1, -0.05) is 12.1 Å². The summed E-state index contributed by atoms with van der Waals surface area (Å²) in [6.07, 6.45) is 0. The normalized spacial score (nSPS) is 12.2. The lowest BCUT2D eigenvalue weighted by Crippen LogP contribution is -2.26. The molecule has 1 unspecified atom stereocenters. The Balaban J connectivity index is 2.95. The zero-order valence-corrected chi connectivity index (χ0v) is 8.28. The van der Waals surface area contributed by atoms with Crippen molar-refractivity contribution in [3.05, 3.63) is 29.8 Å². The Bertz CT molecular complexity index is 312. The lowest BCUT2D eigenvalue weighted by Gasteiger charge is -2.05. The fraction of sp³-hybridized carbons (Fsp3) is 0.222. The number of ketones is 1. The molecule has 0 spiro atoms. The summed E-state index contributed by atoms with van der Waals surface area (Å²) in [6, 6.07) is 6.35. The summed E-state index contributed by atoms with van der Waals surface area (Å²) in [5.41, 5.74) is 6.02. The molecule has 1 atom stereocenters. The molecule has 4 heteroatoms. The molecule has 0 amide bonds. The summed E-state index contributed by atoms with van der Waals surface area (Å²) in [6.45, 7) is 1.66.